The highest BCUT2D eigenvalue weighted by Gasteiger charge is 2.50. The Bertz CT molecular complexity index is 1860. The van der Waals surface area contributed by atoms with Crippen LogP contribution in [0.1, 0.15) is 89.5 Å². The molecule has 0 amide bonds. The zero-order valence-electron chi connectivity index (χ0n) is 30.8. The third-order valence-corrected chi connectivity index (χ3v) is 12.2. The lowest BCUT2D eigenvalue weighted by molar-refractivity contribution is -0.278. The summed E-state index contributed by atoms with van der Waals surface area (Å²) in [6.07, 6.45) is 0.830. The fraction of sp³-hybridized carbons (Fsp3) is 0.774. The zero-order valence-corrected chi connectivity index (χ0v) is 32.6. The summed E-state index contributed by atoms with van der Waals surface area (Å²) in [5, 5.41) is 60.7. The minimum absolute atomic E-state index is 0.105. The highest BCUT2D eigenvalue weighted by Crippen LogP contribution is 2.61. The second kappa shape index (κ2) is 19.8. The molecule has 0 aromatic carbocycles. The third-order valence-electron chi connectivity index (χ3n) is 9.57. The molecule has 10 N–H and O–H groups in total. The number of fused-ring (bicyclic) bond motifs is 1. The van der Waals surface area contributed by atoms with Crippen LogP contribution in [0.3, 0.4) is 0 Å². The second-order valence-corrected chi connectivity index (χ2v) is 17.0. The molecular formula is C31H52N8O15P2. The van der Waals surface area contributed by atoms with Crippen molar-refractivity contribution in [2.75, 3.05) is 12.3 Å². The molecule has 25 heteroatoms. The lowest BCUT2D eigenvalue weighted by Crippen LogP contribution is -2.58. The zero-order chi connectivity index (χ0) is 40.6. The van der Waals surface area contributed by atoms with Crippen molar-refractivity contribution < 1.29 is 67.3 Å². The first-order chi connectivity index (χ1) is 26.6. The highest BCUT2D eigenvalue weighted by molar-refractivity contribution is 7.61. The van der Waals surface area contributed by atoms with Gasteiger partial charge < -0.3 is 50.5 Å². The maximum atomic E-state index is 12.8. The van der Waals surface area contributed by atoms with E-state index >= 15 is 0 Å². The molecule has 2 unspecified atom stereocenters. The van der Waals surface area contributed by atoms with Gasteiger partial charge in [-0.3, -0.25) is 23.4 Å². The summed E-state index contributed by atoms with van der Waals surface area (Å²) in [6.45, 7) is 0.999. The largest absolute Gasteiger partial charge is 0.483 e. The quantitative estimate of drug-likeness (QED) is 0.0492. The number of phosphoric acid groups is 2. The highest BCUT2D eigenvalue weighted by atomic mass is 31.3. The van der Waals surface area contributed by atoms with Gasteiger partial charge in [0.15, 0.2) is 23.7 Å². The number of nitrogens with two attached hydrogens (primary N) is 1. The average Bonchev–Trinajstić information content (AvgIpc) is 3.84. The van der Waals surface area contributed by atoms with E-state index in [4.69, 9.17) is 24.3 Å². The van der Waals surface area contributed by atoms with Crippen molar-refractivity contribution in [3.63, 3.8) is 0 Å². The predicted molar refractivity (Wildman–Crippen MR) is 193 cm³/mol. The molecule has 2 fully saturated rings. The van der Waals surface area contributed by atoms with E-state index in [0.717, 1.165) is 30.2 Å². The van der Waals surface area contributed by atoms with Gasteiger partial charge in [-0.1, -0.05) is 76.3 Å². The van der Waals surface area contributed by atoms with Crippen LogP contribution >= 0.6 is 15.6 Å². The first-order valence-electron chi connectivity index (χ1n) is 18.6. The number of hydrogen-bond acceptors (Lipinski definition) is 18. The third kappa shape index (κ3) is 11.7. The van der Waals surface area contributed by atoms with E-state index in [2.05, 4.69) is 36.5 Å². The van der Waals surface area contributed by atoms with E-state index < -0.39 is 83.1 Å². The van der Waals surface area contributed by atoms with Crippen LogP contribution in [0, 0.1) is 0 Å². The summed E-state index contributed by atoms with van der Waals surface area (Å²) < 4.78 is 52.8. The molecule has 23 nitrogen and oxygen atoms in total. The minimum Gasteiger partial charge on any atom is -0.388 e. The Morgan fingerprint density at radius 1 is 0.857 bits per heavy atom. The van der Waals surface area contributed by atoms with Crippen molar-refractivity contribution in [3.05, 3.63) is 28.6 Å². The number of aliphatic hydroxyl groups is 5. The van der Waals surface area contributed by atoms with Gasteiger partial charge in [0.1, 0.15) is 42.7 Å². The molecule has 3 aromatic heterocycles. The summed E-state index contributed by atoms with van der Waals surface area (Å²) >= 11 is 0. The summed E-state index contributed by atoms with van der Waals surface area (Å²) in [5.74, 6) is -0.271. The molecule has 0 saturated carbocycles. The van der Waals surface area contributed by atoms with Gasteiger partial charge >= 0.3 is 15.6 Å². The Labute approximate surface area is 321 Å². The number of aryl methyl sites for hydroxylation is 1. The van der Waals surface area contributed by atoms with Crippen LogP contribution < -0.4 is 11.3 Å². The van der Waals surface area contributed by atoms with Crippen LogP contribution in [-0.4, -0.2) is 125 Å². The number of aromatic nitrogens is 7. The Balaban J connectivity index is 1.08. The van der Waals surface area contributed by atoms with Crippen LogP contribution in [0.5, 0.6) is 0 Å². The van der Waals surface area contributed by atoms with Crippen molar-refractivity contribution in [2.24, 2.45) is 0 Å². The van der Waals surface area contributed by atoms with Gasteiger partial charge in [0.05, 0.1) is 25.2 Å². The van der Waals surface area contributed by atoms with Gasteiger partial charge in [-0.2, -0.15) is 9.29 Å². The number of nitrogens with one attached hydrogen (secondary N) is 1. The molecule has 0 bridgehead atoms. The SMILES string of the molecule is CCCCCCCCCCCCCc1cn(C[C@@H]2O[C@H](OP(=O)(O)OP(=O)(O)OC[C@H]3O[C@@H](n4cnc5c(=O)[nH]c(N)nc54)[C@H](O)[C@@H]3O)[C@@H](O)[C@H](O)[C@@H]2O)nn1. The molecule has 0 aliphatic carbocycles. The first-order valence-corrected chi connectivity index (χ1v) is 21.6. The van der Waals surface area contributed by atoms with Crippen LogP contribution in [-0.2, 0) is 44.9 Å². The number of phosphoric ester groups is 2. The first kappa shape index (κ1) is 44.4. The smallest absolute Gasteiger partial charge is 0.388 e. The van der Waals surface area contributed by atoms with Crippen molar-refractivity contribution >= 4 is 32.8 Å². The number of rotatable bonds is 22. The maximum absolute atomic E-state index is 12.8. The van der Waals surface area contributed by atoms with Crippen molar-refractivity contribution in [1.82, 2.24) is 34.5 Å². The Kier molecular flexibility index (Phi) is 15.7. The number of nitrogen functional groups attached to an aromatic ring is 1. The molecule has 5 heterocycles. The van der Waals surface area contributed by atoms with Gasteiger partial charge in [0.25, 0.3) is 5.56 Å². The van der Waals surface area contributed by atoms with Crippen molar-refractivity contribution in [3.8, 4) is 0 Å². The number of ether oxygens (including phenoxy) is 2. The molecule has 2 aliphatic heterocycles. The lowest BCUT2D eigenvalue weighted by Gasteiger charge is -2.40. The standard InChI is InChI=1S/C31H52N8O15P2/c1-2-3-4-5-6-7-8-9-10-11-12-13-18-14-38(37-36-18)15-19-22(40)24(42)26(44)30(52-19)53-56(48,49)54-55(46,47)50-16-20-23(41)25(43)29(51-20)39-17-33-21-27(39)34-31(32)35-28(21)45/h14,17,19-20,22-26,29-30,40-44H,2-13,15-16H2,1H3,(H,46,47)(H,48,49)(H3,32,34,35,45)/t19-,20+,22+,23+,24+,25+,26-,29+,30+/m0/s1. The number of anilines is 1. The predicted octanol–water partition coefficient (Wildman–Crippen LogP) is 0.524. The van der Waals surface area contributed by atoms with E-state index in [0.29, 0.717) is 12.1 Å². The van der Waals surface area contributed by atoms with Crippen LogP contribution in [0.25, 0.3) is 11.2 Å². The molecule has 0 radical (unpaired) electrons. The van der Waals surface area contributed by atoms with E-state index in [1.54, 1.807) is 6.20 Å². The summed E-state index contributed by atoms with van der Waals surface area (Å²) in [5.41, 5.74) is 5.32. The Morgan fingerprint density at radius 3 is 2.18 bits per heavy atom. The van der Waals surface area contributed by atoms with Crippen LogP contribution in [0.15, 0.2) is 17.3 Å². The molecule has 0 spiro atoms. The average molecular weight is 839 g/mol. The van der Waals surface area contributed by atoms with E-state index in [1.165, 1.54) is 56.0 Å². The van der Waals surface area contributed by atoms with Crippen molar-refractivity contribution in [1.29, 1.82) is 0 Å². The molecular weight excluding hydrogens is 786 g/mol. The van der Waals surface area contributed by atoms with Gasteiger partial charge in [-0.15, -0.1) is 5.10 Å². The number of hydrogen-bond donors (Lipinski definition) is 9. The fourth-order valence-corrected chi connectivity index (χ4v) is 8.71. The van der Waals surface area contributed by atoms with E-state index in [-0.39, 0.29) is 23.7 Å². The number of H-pyrrole nitrogens is 1. The molecule has 11 atom stereocenters. The van der Waals surface area contributed by atoms with Gasteiger partial charge in [0.2, 0.25) is 5.95 Å². The van der Waals surface area contributed by atoms with Gasteiger partial charge in [0, 0.05) is 6.20 Å². The normalized spacial score (nSPS) is 29.1. The van der Waals surface area contributed by atoms with Crippen LogP contribution in [0.2, 0.25) is 0 Å². The summed E-state index contributed by atoms with van der Waals surface area (Å²) in [4.78, 5) is 42.7. The molecule has 316 valence electrons. The fourth-order valence-electron chi connectivity index (χ4n) is 6.55. The molecule has 2 aliphatic rings. The number of aliphatic hydroxyl groups excluding tert-OH is 5. The Hall–Kier alpha value is -2.73. The molecule has 2 saturated heterocycles. The monoisotopic (exact) mass is 838 g/mol. The summed E-state index contributed by atoms with van der Waals surface area (Å²) in [7, 11) is -11.2. The van der Waals surface area contributed by atoms with Gasteiger partial charge in [-0.25, -0.2) is 18.8 Å². The van der Waals surface area contributed by atoms with Crippen LogP contribution in [0.4, 0.5) is 5.95 Å². The Morgan fingerprint density at radius 2 is 1.50 bits per heavy atom. The maximum Gasteiger partial charge on any atom is 0.483 e. The lowest BCUT2D eigenvalue weighted by atomic mass is 9.99. The van der Waals surface area contributed by atoms with E-state index in [1.807, 2.05) is 0 Å². The van der Waals surface area contributed by atoms with Crippen molar-refractivity contribution in [2.45, 2.75) is 146 Å². The number of nitrogens with zero attached hydrogens (tertiary/aromatic N) is 6. The summed E-state index contributed by atoms with van der Waals surface area (Å²) in [6, 6.07) is 0. The molecule has 3 aromatic rings. The minimum atomic E-state index is -5.65. The van der Waals surface area contributed by atoms with Gasteiger partial charge in [-0.05, 0) is 12.8 Å². The number of unbranched alkanes of at least 4 members (excludes halogenated alkanes) is 10. The second-order valence-electron chi connectivity index (χ2n) is 14.0. The topological polar surface area (TPSA) is 342 Å². The van der Waals surface area contributed by atoms with E-state index in [9.17, 15) is 49.2 Å². The number of aromatic amines is 1. The molecule has 56 heavy (non-hydrogen) atoms. The number of imidazole rings is 1. The molecule has 5 rings (SSSR count).